The Hall–Kier alpha value is -3.17. The summed E-state index contributed by atoms with van der Waals surface area (Å²) in [4.78, 5) is 66.0. The molecule has 33 heavy (non-hydrogen) atoms. The number of hydrogen-bond donors (Lipinski definition) is 8. The summed E-state index contributed by atoms with van der Waals surface area (Å²) >= 11 is 1.36. The van der Waals surface area contributed by atoms with E-state index in [4.69, 9.17) is 15.9 Å². The van der Waals surface area contributed by atoms with Gasteiger partial charge in [0.2, 0.25) is 17.7 Å². The number of carboxylic acids is 2. The maximum Gasteiger partial charge on any atom is 0.326 e. The van der Waals surface area contributed by atoms with E-state index in [-0.39, 0.29) is 12.8 Å². The highest BCUT2D eigenvalue weighted by Crippen LogP contribution is 2.04. The topological polar surface area (TPSA) is 237 Å². The Bertz CT molecular complexity index is 821. The summed E-state index contributed by atoms with van der Waals surface area (Å²) in [7, 11) is 0. The number of aliphatic hydroxyl groups excluding tert-OH is 1. The van der Waals surface area contributed by atoms with Gasteiger partial charge in [0.25, 0.3) is 0 Å². The number of carbonyl (C=O) groups is 5. The molecule has 0 aliphatic carbocycles. The molecule has 0 aliphatic heterocycles. The van der Waals surface area contributed by atoms with Crippen LogP contribution >= 0.6 is 11.8 Å². The van der Waals surface area contributed by atoms with Crippen LogP contribution in [0.15, 0.2) is 12.5 Å². The average molecular weight is 489 g/mol. The van der Waals surface area contributed by atoms with Gasteiger partial charge in [-0.1, -0.05) is 0 Å². The van der Waals surface area contributed by atoms with Crippen molar-refractivity contribution in [2.45, 2.75) is 43.4 Å². The fourth-order valence-corrected chi connectivity index (χ4v) is 3.09. The zero-order valence-corrected chi connectivity index (χ0v) is 18.6. The number of hydrogen-bond acceptors (Lipinski definition) is 9. The molecule has 3 amide bonds. The summed E-state index contributed by atoms with van der Waals surface area (Å²) in [6.45, 7) is -0.790. The zero-order valence-electron chi connectivity index (χ0n) is 17.8. The summed E-state index contributed by atoms with van der Waals surface area (Å²) in [5.41, 5.74) is 6.39. The first-order valence-corrected chi connectivity index (χ1v) is 11.2. The highest BCUT2D eigenvalue weighted by molar-refractivity contribution is 7.98. The van der Waals surface area contributed by atoms with E-state index in [0.29, 0.717) is 11.4 Å². The summed E-state index contributed by atoms with van der Waals surface area (Å²) in [6.07, 6.45) is 3.98. The Morgan fingerprint density at radius 1 is 1.06 bits per heavy atom. The van der Waals surface area contributed by atoms with Gasteiger partial charge < -0.3 is 42.0 Å². The first kappa shape index (κ1) is 27.9. The van der Waals surface area contributed by atoms with Gasteiger partial charge in [-0.2, -0.15) is 11.8 Å². The molecule has 1 heterocycles. The van der Waals surface area contributed by atoms with Gasteiger partial charge in [0.05, 0.1) is 25.4 Å². The molecule has 15 heteroatoms. The molecule has 9 N–H and O–H groups in total. The van der Waals surface area contributed by atoms with E-state index in [2.05, 4.69) is 25.9 Å². The molecule has 0 saturated carbocycles. The predicted molar refractivity (Wildman–Crippen MR) is 116 cm³/mol. The number of carboxylic acid groups (broad SMARTS) is 2. The van der Waals surface area contributed by atoms with Gasteiger partial charge in [-0.15, -0.1) is 0 Å². The lowest BCUT2D eigenvalue weighted by atomic mass is 10.1. The number of nitrogens with two attached hydrogens (primary N) is 1. The van der Waals surface area contributed by atoms with Crippen molar-refractivity contribution in [3.8, 4) is 0 Å². The molecule has 0 aromatic carbocycles. The molecular weight excluding hydrogens is 460 g/mol. The molecule has 184 valence electrons. The van der Waals surface area contributed by atoms with E-state index < -0.39 is 66.9 Å². The fourth-order valence-electron chi connectivity index (χ4n) is 2.62. The molecular formula is C18H28N6O8S. The molecule has 0 fully saturated rings. The molecule has 0 bridgehead atoms. The third-order valence-electron chi connectivity index (χ3n) is 4.38. The Morgan fingerprint density at radius 3 is 2.18 bits per heavy atom. The largest absolute Gasteiger partial charge is 0.481 e. The molecule has 0 saturated heterocycles. The van der Waals surface area contributed by atoms with Gasteiger partial charge in [0.1, 0.15) is 18.1 Å². The molecule has 0 aliphatic rings. The van der Waals surface area contributed by atoms with Crippen LogP contribution in [0.1, 0.15) is 18.5 Å². The second kappa shape index (κ2) is 14.1. The Kier molecular flexibility index (Phi) is 11.9. The van der Waals surface area contributed by atoms with Crippen LogP contribution < -0.4 is 21.7 Å². The SMILES string of the molecule is CSCCC(NC(=O)C(CO)NC(=O)C(N)Cc1cnc[nH]1)C(=O)NC(CC(=O)O)C(=O)O. The molecule has 4 atom stereocenters. The summed E-state index contributed by atoms with van der Waals surface area (Å²) in [5, 5.41) is 34.2. The number of aromatic amines is 1. The summed E-state index contributed by atoms with van der Waals surface area (Å²) in [6, 6.07) is -5.40. The molecule has 14 nitrogen and oxygen atoms in total. The van der Waals surface area contributed by atoms with Crippen molar-refractivity contribution in [1.82, 2.24) is 25.9 Å². The van der Waals surface area contributed by atoms with E-state index in [1.54, 1.807) is 6.26 Å². The van der Waals surface area contributed by atoms with Gasteiger partial charge in [-0.05, 0) is 18.4 Å². The van der Waals surface area contributed by atoms with Crippen molar-refractivity contribution in [1.29, 1.82) is 0 Å². The highest BCUT2D eigenvalue weighted by atomic mass is 32.2. The smallest absolute Gasteiger partial charge is 0.326 e. The standard InChI is InChI=1S/C18H28N6O8S/c1-33-3-2-11(16(29)23-12(18(31)32)5-14(26)27)22-17(30)13(7-25)24-15(28)10(19)4-9-6-20-8-21-9/h6,8,10-13,25H,2-5,7,19H2,1H3,(H,20,21)(H,22,30)(H,23,29)(H,24,28)(H,26,27)(H,31,32). The third-order valence-corrected chi connectivity index (χ3v) is 5.03. The van der Waals surface area contributed by atoms with Crippen LogP contribution in [0.4, 0.5) is 0 Å². The van der Waals surface area contributed by atoms with Crippen LogP contribution in [0, 0.1) is 0 Å². The number of aliphatic carboxylic acids is 2. The Balaban J connectivity index is 2.80. The molecule has 0 spiro atoms. The number of rotatable bonds is 15. The maximum atomic E-state index is 12.6. The lowest BCUT2D eigenvalue weighted by Crippen LogP contribution is -2.58. The number of aromatic nitrogens is 2. The molecule has 1 aromatic heterocycles. The highest BCUT2D eigenvalue weighted by Gasteiger charge is 2.30. The van der Waals surface area contributed by atoms with Crippen molar-refractivity contribution in [2.75, 3.05) is 18.6 Å². The van der Waals surface area contributed by atoms with Crippen LogP contribution in [0.2, 0.25) is 0 Å². The van der Waals surface area contributed by atoms with Crippen molar-refractivity contribution in [2.24, 2.45) is 5.73 Å². The predicted octanol–water partition coefficient (Wildman–Crippen LogP) is -2.96. The van der Waals surface area contributed by atoms with Crippen molar-refractivity contribution >= 4 is 41.4 Å². The van der Waals surface area contributed by atoms with Crippen molar-refractivity contribution in [3.05, 3.63) is 18.2 Å². The number of imidazole rings is 1. The second-order valence-electron chi connectivity index (χ2n) is 6.97. The molecule has 0 radical (unpaired) electrons. The second-order valence-corrected chi connectivity index (χ2v) is 7.96. The minimum Gasteiger partial charge on any atom is -0.481 e. The van der Waals surface area contributed by atoms with Gasteiger partial charge in [0.15, 0.2) is 0 Å². The zero-order chi connectivity index (χ0) is 25.0. The van der Waals surface area contributed by atoms with Gasteiger partial charge in [0, 0.05) is 18.3 Å². The van der Waals surface area contributed by atoms with Gasteiger partial charge in [-0.25, -0.2) is 9.78 Å². The number of nitrogens with one attached hydrogen (secondary N) is 4. The first-order chi connectivity index (χ1) is 15.6. The summed E-state index contributed by atoms with van der Waals surface area (Å²) in [5.74, 6) is -5.11. The monoisotopic (exact) mass is 488 g/mol. The van der Waals surface area contributed by atoms with Crippen LogP contribution in [0.3, 0.4) is 0 Å². The van der Waals surface area contributed by atoms with Crippen LogP contribution in [0.25, 0.3) is 0 Å². The van der Waals surface area contributed by atoms with E-state index >= 15 is 0 Å². The summed E-state index contributed by atoms with van der Waals surface area (Å²) < 4.78 is 0. The number of carbonyl (C=O) groups excluding carboxylic acids is 3. The molecule has 1 rings (SSSR count). The lowest BCUT2D eigenvalue weighted by Gasteiger charge is -2.24. The van der Waals surface area contributed by atoms with Crippen molar-refractivity contribution < 1.29 is 39.3 Å². The number of thioether (sulfide) groups is 1. The lowest BCUT2D eigenvalue weighted by molar-refractivity contribution is -0.147. The van der Waals surface area contributed by atoms with Gasteiger partial charge >= 0.3 is 11.9 Å². The molecule has 4 unspecified atom stereocenters. The first-order valence-electron chi connectivity index (χ1n) is 9.77. The van der Waals surface area contributed by atoms with E-state index in [1.165, 1.54) is 24.3 Å². The number of nitrogens with zero attached hydrogens (tertiary/aromatic N) is 1. The minimum atomic E-state index is -1.70. The van der Waals surface area contributed by atoms with E-state index in [1.807, 2.05) is 0 Å². The number of H-pyrrole nitrogens is 1. The minimum absolute atomic E-state index is 0.0869. The Labute approximate surface area is 193 Å². The number of amides is 3. The van der Waals surface area contributed by atoms with Crippen LogP contribution in [0.5, 0.6) is 0 Å². The quantitative estimate of drug-likeness (QED) is 0.124. The van der Waals surface area contributed by atoms with Crippen molar-refractivity contribution in [3.63, 3.8) is 0 Å². The van der Waals surface area contributed by atoms with Crippen LogP contribution in [-0.2, 0) is 30.4 Å². The average Bonchev–Trinajstić information content (AvgIpc) is 3.26. The van der Waals surface area contributed by atoms with Crippen LogP contribution in [-0.4, -0.2) is 97.7 Å². The van der Waals surface area contributed by atoms with E-state index in [9.17, 15) is 29.1 Å². The fraction of sp³-hybridized carbons (Fsp3) is 0.556. The number of aliphatic hydroxyl groups is 1. The third kappa shape index (κ3) is 9.88. The normalized spacial score (nSPS) is 14.4. The maximum absolute atomic E-state index is 12.6. The van der Waals surface area contributed by atoms with E-state index in [0.717, 1.165) is 0 Å². The molecule has 1 aromatic rings. The Morgan fingerprint density at radius 2 is 1.67 bits per heavy atom. The van der Waals surface area contributed by atoms with Gasteiger partial charge in [-0.3, -0.25) is 19.2 Å².